The molecular formula is C14H24BrN3O. The lowest BCUT2D eigenvalue weighted by Gasteiger charge is -2.27. The van der Waals surface area contributed by atoms with E-state index in [0.29, 0.717) is 11.9 Å². The van der Waals surface area contributed by atoms with Crippen LogP contribution in [0.2, 0.25) is 0 Å². The molecule has 0 saturated heterocycles. The molecule has 1 rings (SSSR count). The molecule has 0 aliphatic rings. The molecule has 1 heterocycles. The highest BCUT2D eigenvalue weighted by atomic mass is 79.9. The zero-order valence-corrected chi connectivity index (χ0v) is 14.1. The summed E-state index contributed by atoms with van der Waals surface area (Å²) >= 11 is 3.47. The standard InChI is InChI=1S/C14H24BrN3O/c1-10(2)18(8-6-7-15)14-16-12(5)9-13(17-14)19-11(3)4/h9-11H,6-8H2,1-5H3. The van der Waals surface area contributed by atoms with Crippen molar-refractivity contribution in [2.24, 2.45) is 0 Å². The molecule has 0 amide bonds. The summed E-state index contributed by atoms with van der Waals surface area (Å²) in [5.41, 5.74) is 0.935. The second-order valence-electron chi connectivity index (χ2n) is 5.14. The van der Waals surface area contributed by atoms with Gasteiger partial charge in [0.1, 0.15) is 0 Å². The molecule has 5 heteroatoms. The first-order chi connectivity index (χ1) is 8.93. The molecule has 0 bridgehead atoms. The average molecular weight is 330 g/mol. The van der Waals surface area contributed by atoms with E-state index >= 15 is 0 Å². The number of halogens is 1. The Balaban J connectivity index is 2.98. The van der Waals surface area contributed by atoms with Crippen molar-refractivity contribution in [1.29, 1.82) is 0 Å². The number of alkyl halides is 1. The maximum absolute atomic E-state index is 5.68. The SMILES string of the molecule is Cc1cc(OC(C)C)nc(N(CCCBr)C(C)C)n1. The van der Waals surface area contributed by atoms with Gasteiger partial charge < -0.3 is 9.64 Å². The van der Waals surface area contributed by atoms with E-state index in [1.165, 1.54) is 0 Å². The third kappa shape index (κ3) is 5.35. The second kappa shape index (κ2) is 7.68. The molecule has 0 fully saturated rings. The van der Waals surface area contributed by atoms with Crippen LogP contribution in [0.4, 0.5) is 5.95 Å². The van der Waals surface area contributed by atoms with Crippen molar-refractivity contribution in [1.82, 2.24) is 9.97 Å². The number of hydrogen-bond acceptors (Lipinski definition) is 4. The Morgan fingerprint density at radius 1 is 1.26 bits per heavy atom. The normalized spacial score (nSPS) is 11.2. The molecule has 1 aromatic heterocycles. The molecule has 0 saturated carbocycles. The van der Waals surface area contributed by atoms with Crippen molar-refractivity contribution in [3.05, 3.63) is 11.8 Å². The molecular weight excluding hydrogens is 306 g/mol. The van der Waals surface area contributed by atoms with Crippen LogP contribution in [0, 0.1) is 6.92 Å². The van der Waals surface area contributed by atoms with Gasteiger partial charge >= 0.3 is 0 Å². The predicted molar refractivity (Wildman–Crippen MR) is 83.4 cm³/mol. The van der Waals surface area contributed by atoms with E-state index in [4.69, 9.17) is 4.74 Å². The van der Waals surface area contributed by atoms with Crippen LogP contribution in [-0.4, -0.2) is 34.0 Å². The van der Waals surface area contributed by atoms with E-state index in [1.807, 2.05) is 26.8 Å². The van der Waals surface area contributed by atoms with Gasteiger partial charge in [0.15, 0.2) is 0 Å². The third-order valence-electron chi connectivity index (χ3n) is 2.59. The van der Waals surface area contributed by atoms with E-state index in [0.717, 1.165) is 29.9 Å². The van der Waals surface area contributed by atoms with Crippen LogP contribution in [-0.2, 0) is 0 Å². The molecule has 0 unspecified atom stereocenters. The van der Waals surface area contributed by atoms with Gasteiger partial charge in [-0.15, -0.1) is 0 Å². The summed E-state index contributed by atoms with van der Waals surface area (Å²) in [5.74, 6) is 1.41. The van der Waals surface area contributed by atoms with Gasteiger partial charge in [-0.2, -0.15) is 4.98 Å². The van der Waals surface area contributed by atoms with E-state index in [-0.39, 0.29) is 6.10 Å². The average Bonchev–Trinajstić information content (AvgIpc) is 2.27. The molecule has 19 heavy (non-hydrogen) atoms. The van der Waals surface area contributed by atoms with Crippen molar-refractivity contribution in [2.75, 3.05) is 16.8 Å². The highest BCUT2D eigenvalue weighted by Gasteiger charge is 2.15. The molecule has 0 N–H and O–H groups in total. The first-order valence-corrected chi connectivity index (χ1v) is 7.91. The van der Waals surface area contributed by atoms with E-state index in [2.05, 4.69) is 44.6 Å². The summed E-state index contributed by atoms with van der Waals surface area (Å²) in [5, 5.41) is 0.984. The van der Waals surface area contributed by atoms with Gasteiger partial charge in [-0.25, -0.2) is 4.98 Å². The van der Waals surface area contributed by atoms with Crippen LogP contribution in [0.5, 0.6) is 5.88 Å². The topological polar surface area (TPSA) is 38.2 Å². The second-order valence-corrected chi connectivity index (χ2v) is 5.94. The van der Waals surface area contributed by atoms with Crippen molar-refractivity contribution < 1.29 is 4.74 Å². The molecule has 108 valence electrons. The fourth-order valence-corrected chi connectivity index (χ4v) is 2.02. The molecule has 0 aromatic carbocycles. The van der Waals surface area contributed by atoms with Crippen molar-refractivity contribution in [2.45, 2.75) is 53.2 Å². The quantitative estimate of drug-likeness (QED) is 0.717. The molecule has 0 spiro atoms. The van der Waals surface area contributed by atoms with Crippen molar-refractivity contribution in [3.63, 3.8) is 0 Å². The maximum atomic E-state index is 5.68. The minimum Gasteiger partial charge on any atom is -0.475 e. The van der Waals surface area contributed by atoms with Gasteiger partial charge in [-0.05, 0) is 41.0 Å². The number of hydrogen-bond donors (Lipinski definition) is 0. The Bertz CT molecular complexity index is 396. The Kier molecular flexibility index (Phi) is 6.55. The smallest absolute Gasteiger partial charge is 0.229 e. The van der Waals surface area contributed by atoms with Gasteiger partial charge in [-0.1, -0.05) is 15.9 Å². The third-order valence-corrected chi connectivity index (χ3v) is 3.15. The highest BCUT2D eigenvalue weighted by Crippen LogP contribution is 2.18. The number of rotatable bonds is 7. The van der Waals surface area contributed by atoms with Crippen LogP contribution in [0.15, 0.2) is 6.07 Å². The first-order valence-electron chi connectivity index (χ1n) is 6.79. The Morgan fingerprint density at radius 2 is 1.95 bits per heavy atom. The van der Waals surface area contributed by atoms with E-state index in [1.54, 1.807) is 0 Å². The largest absolute Gasteiger partial charge is 0.475 e. The predicted octanol–water partition coefficient (Wildman–Crippen LogP) is 3.57. The first kappa shape index (κ1) is 16.2. The zero-order chi connectivity index (χ0) is 14.4. The summed E-state index contributed by atoms with van der Waals surface area (Å²) in [7, 11) is 0. The lowest BCUT2D eigenvalue weighted by molar-refractivity contribution is 0.232. The molecule has 0 aliphatic heterocycles. The number of nitrogens with zero attached hydrogens (tertiary/aromatic N) is 3. The summed E-state index contributed by atoms with van der Waals surface area (Å²) in [4.78, 5) is 11.3. The Morgan fingerprint density at radius 3 is 2.47 bits per heavy atom. The number of aromatic nitrogens is 2. The maximum Gasteiger partial charge on any atom is 0.229 e. The fourth-order valence-electron chi connectivity index (χ4n) is 1.77. The van der Waals surface area contributed by atoms with Gasteiger partial charge in [0.25, 0.3) is 0 Å². The zero-order valence-electron chi connectivity index (χ0n) is 12.5. The van der Waals surface area contributed by atoms with E-state index < -0.39 is 0 Å². The summed E-state index contributed by atoms with van der Waals surface area (Å²) in [6.45, 7) is 11.2. The molecule has 4 nitrogen and oxygen atoms in total. The number of ether oxygens (including phenoxy) is 1. The van der Waals surface area contributed by atoms with Crippen LogP contribution >= 0.6 is 15.9 Å². The molecule has 0 atom stereocenters. The van der Waals surface area contributed by atoms with Crippen molar-refractivity contribution >= 4 is 21.9 Å². The molecule has 0 aliphatic carbocycles. The number of aryl methyl sites for hydroxylation is 1. The minimum absolute atomic E-state index is 0.122. The van der Waals surface area contributed by atoms with Gasteiger partial charge in [-0.3, -0.25) is 0 Å². The number of anilines is 1. The highest BCUT2D eigenvalue weighted by molar-refractivity contribution is 9.09. The molecule has 0 radical (unpaired) electrons. The lowest BCUT2D eigenvalue weighted by Crippen LogP contribution is -2.33. The van der Waals surface area contributed by atoms with Gasteiger partial charge in [0, 0.05) is 29.7 Å². The van der Waals surface area contributed by atoms with Crippen LogP contribution in [0.3, 0.4) is 0 Å². The summed E-state index contributed by atoms with van der Waals surface area (Å²) < 4.78 is 5.68. The fraction of sp³-hybridized carbons (Fsp3) is 0.714. The van der Waals surface area contributed by atoms with Gasteiger partial charge in [0.05, 0.1) is 6.10 Å². The Labute approximate surface area is 124 Å². The Hall–Kier alpha value is -0.840. The van der Waals surface area contributed by atoms with Crippen molar-refractivity contribution in [3.8, 4) is 5.88 Å². The van der Waals surface area contributed by atoms with E-state index in [9.17, 15) is 0 Å². The van der Waals surface area contributed by atoms with Crippen LogP contribution < -0.4 is 9.64 Å². The monoisotopic (exact) mass is 329 g/mol. The lowest BCUT2D eigenvalue weighted by atomic mass is 10.3. The minimum atomic E-state index is 0.122. The van der Waals surface area contributed by atoms with Crippen LogP contribution in [0.1, 0.15) is 39.8 Å². The summed E-state index contributed by atoms with van der Waals surface area (Å²) in [6.07, 6.45) is 1.19. The molecule has 1 aromatic rings. The summed E-state index contributed by atoms with van der Waals surface area (Å²) in [6, 6.07) is 2.25. The van der Waals surface area contributed by atoms with Crippen LogP contribution in [0.25, 0.3) is 0 Å². The van der Waals surface area contributed by atoms with Gasteiger partial charge in [0.2, 0.25) is 11.8 Å².